The fourth-order valence-electron chi connectivity index (χ4n) is 3.16. The van der Waals surface area contributed by atoms with Gasteiger partial charge in [-0.15, -0.1) is 0 Å². The highest BCUT2D eigenvalue weighted by Gasteiger charge is 2.30. The van der Waals surface area contributed by atoms with Crippen molar-refractivity contribution in [2.75, 3.05) is 43.0 Å². The molecule has 1 atom stereocenters. The number of rotatable bonds is 6. The third-order valence-electron chi connectivity index (χ3n) is 4.69. The summed E-state index contributed by atoms with van der Waals surface area (Å²) in [6, 6.07) is 9.22. The Labute approximate surface area is 154 Å². The maximum atomic E-state index is 12.7. The van der Waals surface area contributed by atoms with Crippen LogP contribution >= 0.6 is 0 Å². The number of nitrogens with one attached hydrogen (secondary N) is 2. The minimum atomic E-state index is -0.136. The number of para-hydroxylation sites is 2. The minimum Gasteiger partial charge on any atom is -0.492 e. The molecule has 1 amide bonds. The number of hydrogen-bond acceptors (Lipinski definition) is 5. The predicted octanol–water partition coefficient (Wildman–Crippen LogP) is 0.607. The molecular formula is C19H26N5O2+. The Hall–Kier alpha value is -2.67. The smallest absolute Gasteiger partial charge is 0.282 e. The molecule has 2 N–H and O–H groups in total. The molecule has 1 aliphatic heterocycles. The lowest BCUT2D eigenvalue weighted by molar-refractivity contribution is -0.914. The summed E-state index contributed by atoms with van der Waals surface area (Å²) in [7, 11) is 0. The Morgan fingerprint density at radius 1 is 1.23 bits per heavy atom. The van der Waals surface area contributed by atoms with Gasteiger partial charge in [-0.1, -0.05) is 12.1 Å². The fraction of sp³-hybridized carbons (Fsp3) is 0.421. The van der Waals surface area contributed by atoms with Gasteiger partial charge in [-0.25, -0.2) is 9.97 Å². The molecule has 1 aromatic heterocycles. The Balaban J connectivity index is 1.57. The molecule has 1 fully saturated rings. The number of carbonyl (C=O) groups excluding carboxylic acids is 1. The van der Waals surface area contributed by atoms with Crippen molar-refractivity contribution in [2.24, 2.45) is 0 Å². The van der Waals surface area contributed by atoms with Gasteiger partial charge in [-0.2, -0.15) is 0 Å². The van der Waals surface area contributed by atoms with Gasteiger partial charge >= 0.3 is 0 Å². The van der Waals surface area contributed by atoms with E-state index in [-0.39, 0.29) is 11.9 Å². The highest BCUT2D eigenvalue weighted by Crippen LogP contribution is 2.23. The Kier molecular flexibility index (Phi) is 6.01. The number of aromatic nitrogens is 2. The number of quaternary nitrogens is 1. The summed E-state index contributed by atoms with van der Waals surface area (Å²) in [4.78, 5) is 24.7. The van der Waals surface area contributed by atoms with Crippen molar-refractivity contribution in [2.45, 2.75) is 19.9 Å². The maximum Gasteiger partial charge on any atom is 0.282 e. The third kappa shape index (κ3) is 4.29. The topological polar surface area (TPSA) is 71.8 Å². The number of amides is 1. The molecule has 1 aromatic carbocycles. The highest BCUT2D eigenvalue weighted by atomic mass is 16.5. The number of piperazine rings is 1. The van der Waals surface area contributed by atoms with Gasteiger partial charge in [-0.05, 0) is 32.0 Å². The van der Waals surface area contributed by atoms with E-state index in [4.69, 9.17) is 4.74 Å². The third-order valence-corrected chi connectivity index (χ3v) is 4.69. The Morgan fingerprint density at radius 3 is 2.62 bits per heavy atom. The van der Waals surface area contributed by atoms with Gasteiger partial charge in [0.15, 0.2) is 6.04 Å². The van der Waals surface area contributed by atoms with E-state index in [1.54, 1.807) is 12.4 Å². The lowest BCUT2D eigenvalue weighted by Gasteiger charge is -2.34. The number of hydrogen-bond donors (Lipinski definition) is 2. The first-order valence-corrected chi connectivity index (χ1v) is 9.08. The van der Waals surface area contributed by atoms with E-state index in [0.717, 1.165) is 37.8 Å². The van der Waals surface area contributed by atoms with Crippen LogP contribution in [-0.4, -0.2) is 54.7 Å². The summed E-state index contributed by atoms with van der Waals surface area (Å²) in [5.74, 6) is 1.47. The first kappa shape index (κ1) is 18.1. The van der Waals surface area contributed by atoms with Gasteiger partial charge in [0, 0.05) is 12.4 Å². The number of benzene rings is 1. The molecule has 7 heteroatoms. The molecule has 3 rings (SSSR count). The molecule has 0 spiro atoms. The van der Waals surface area contributed by atoms with Crippen LogP contribution in [0.25, 0.3) is 0 Å². The average molecular weight is 356 g/mol. The van der Waals surface area contributed by atoms with Crippen molar-refractivity contribution in [3.63, 3.8) is 0 Å². The van der Waals surface area contributed by atoms with Crippen molar-refractivity contribution < 1.29 is 14.4 Å². The van der Waals surface area contributed by atoms with Gasteiger partial charge in [0.25, 0.3) is 5.91 Å². The maximum absolute atomic E-state index is 12.7. The van der Waals surface area contributed by atoms with E-state index >= 15 is 0 Å². The van der Waals surface area contributed by atoms with Crippen LogP contribution in [0.15, 0.2) is 42.7 Å². The molecule has 1 aliphatic rings. The fourth-order valence-corrected chi connectivity index (χ4v) is 3.16. The summed E-state index contributed by atoms with van der Waals surface area (Å²) in [5, 5.41) is 3.01. The van der Waals surface area contributed by atoms with Gasteiger partial charge in [0.2, 0.25) is 5.95 Å². The van der Waals surface area contributed by atoms with Crippen LogP contribution in [0.1, 0.15) is 13.8 Å². The molecule has 0 saturated carbocycles. The summed E-state index contributed by atoms with van der Waals surface area (Å²) in [6.45, 7) is 7.90. The molecule has 1 saturated heterocycles. The normalized spacial score (nSPS) is 16.2. The first-order valence-electron chi connectivity index (χ1n) is 9.08. The SMILES string of the molecule is CCOc1ccccc1NC(=O)[C@H](C)[NH+]1CCN(c2ncccn2)CC1. The summed E-state index contributed by atoms with van der Waals surface area (Å²) in [5.41, 5.74) is 0.724. The molecule has 2 heterocycles. The first-order chi connectivity index (χ1) is 12.7. The van der Waals surface area contributed by atoms with Crippen molar-refractivity contribution in [3.05, 3.63) is 42.7 Å². The molecular weight excluding hydrogens is 330 g/mol. The zero-order valence-electron chi connectivity index (χ0n) is 15.3. The molecule has 26 heavy (non-hydrogen) atoms. The lowest BCUT2D eigenvalue weighted by atomic mass is 10.2. The van der Waals surface area contributed by atoms with E-state index in [0.29, 0.717) is 12.4 Å². The minimum absolute atomic E-state index is 0.0107. The van der Waals surface area contributed by atoms with Crippen LogP contribution < -0.4 is 19.9 Å². The van der Waals surface area contributed by atoms with Crippen LogP contribution in [0.5, 0.6) is 5.75 Å². The zero-order chi connectivity index (χ0) is 18.4. The molecule has 0 bridgehead atoms. The van der Waals surface area contributed by atoms with Crippen molar-refractivity contribution in [3.8, 4) is 5.75 Å². The van der Waals surface area contributed by atoms with Crippen LogP contribution in [0, 0.1) is 0 Å². The van der Waals surface area contributed by atoms with Crippen molar-refractivity contribution >= 4 is 17.5 Å². The molecule has 7 nitrogen and oxygen atoms in total. The number of carbonyl (C=O) groups is 1. The average Bonchev–Trinajstić information content (AvgIpc) is 2.70. The molecule has 138 valence electrons. The van der Waals surface area contributed by atoms with Crippen molar-refractivity contribution in [1.29, 1.82) is 0 Å². The van der Waals surface area contributed by atoms with E-state index in [2.05, 4.69) is 20.2 Å². The second-order valence-electron chi connectivity index (χ2n) is 6.33. The van der Waals surface area contributed by atoms with Gasteiger partial charge < -0.3 is 19.9 Å². The number of nitrogens with zero attached hydrogens (tertiary/aromatic N) is 3. The Morgan fingerprint density at radius 2 is 1.92 bits per heavy atom. The van der Waals surface area contributed by atoms with E-state index in [1.807, 2.05) is 44.2 Å². The van der Waals surface area contributed by atoms with Gasteiger partial charge in [0.1, 0.15) is 5.75 Å². The van der Waals surface area contributed by atoms with Crippen molar-refractivity contribution in [1.82, 2.24) is 9.97 Å². The van der Waals surface area contributed by atoms with E-state index in [1.165, 1.54) is 4.90 Å². The summed E-state index contributed by atoms with van der Waals surface area (Å²) >= 11 is 0. The number of ether oxygens (including phenoxy) is 1. The zero-order valence-corrected chi connectivity index (χ0v) is 15.3. The predicted molar refractivity (Wildman–Crippen MR) is 101 cm³/mol. The summed E-state index contributed by atoms with van der Waals surface area (Å²) in [6.07, 6.45) is 3.51. The largest absolute Gasteiger partial charge is 0.492 e. The molecule has 0 aliphatic carbocycles. The van der Waals surface area contributed by atoms with Gasteiger partial charge in [-0.3, -0.25) is 4.79 Å². The van der Waals surface area contributed by atoms with E-state index in [9.17, 15) is 4.79 Å². The van der Waals surface area contributed by atoms with Crippen LogP contribution in [0.4, 0.5) is 11.6 Å². The second kappa shape index (κ2) is 8.62. The highest BCUT2D eigenvalue weighted by molar-refractivity contribution is 5.94. The standard InChI is InChI=1S/C19H25N5O2/c1-3-26-17-8-5-4-7-16(17)22-18(25)15(2)23-11-13-24(14-12-23)19-20-9-6-10-21-19/h4-10,15H,3,11-14H2,1-2H3,(H,22,25)/p+1/t15-/m0/s1. The quantitative estimate of drug-likeness (QED) is 0.793. The van der Waals surface area contributed by atoms with E-state index < -0.39 is 0 Å². The monoisotopic (exact) mass is 356 g/mol. The van der Waals surface area contributed by atoms with Gasteiger partial charge in [0.05, 0.1) is 38.5 Å². The summed E-state index contributed by atoms with van der Waals surface area (Å²) < 4.78 is 5.58. The molecule has 2 aromatic rings. The lowest BCUT2D eigenvalue weighted by Crippen LogP contribution is -3.19. The van der Waals surface area contributed by atoms with Crippen LogP contribution in [0.2, 0.25) is 0 Å². The molecule has 0 radical (unpaired) electrons. The van der Waals surface area contributed by atoms with Crippen LogP contribution in [0.3, 0.4) is 0 Å². The molecule has 0 unspecified atom stereocenters. The Bertz CT molecular complexity index is 717. The van der Waals surface area contributed by atoms with Crippen LogP contribution in [-0.2, 0) is 4.79 Å². The second-order valence-corrected chi connectivity index (χ2v) is 6.33. The number of anilines is 2.